The van der Waals surface area contributed by atoms with Crippen molar-refractivity contribution >= 4 is 17.1 Å². The first-order chi connectivity index (χ1) is 8.99. The van der Waals surface area contributed by atoms with Gasteiger partial charge >= 0.3 is 0 Å². The molecule has 0 atom stereocenters. The van der Waals surface area contributed by atoms with Crippen molar-refractivity contribution < 1.29 is 9.31 Å². The number of nitrogens with two attached hydrogens (primary N) is 1. The Labute approximate surface area is 107 Å². The number of rotatable bonds is 3. The van der Waals surface area contributed by atoms with Gasteiger partial charge in [-0.15, -0.1) is 0 Å². The number of nitrogens with zero attached hydrogens (tertiary/aromatic N) is 2. The van der Waals surface area contributed by atoms with Crippen LogP contribution in [0.25, 0.3) is 0 Å². The second-order valence-corrected chi connectivity index (χ2v) is 3.77. The Kier molecular flexibility index (Phi) is 3.19. The summed E-state index contributed by atoms with van der Waals surface area (Å²) >= 11 is 0. The third kappa shape index (κ3) is 2.54. The zero-order valence-electron chi connectivity index (χ0n) is 9.63. The number of pyridine rings is 1. The van der Waals surface area contributed by atoms with Crippen molar-refractivity contribution in [2.45, 2.75) is 0 Å². The van der Waals surface area contributed by atoms with Crippen LogP contribution in [0.5, 0.6) is 0 Å². The lowest BCUT2D eigenvalue weighted by molar-refractivity contribution is -0.384. The molecule has 0 bridgehead atoms. The lowest BCUT2D eigenvalue weighted by atomic mass is 10.0. The number of nitrogens with one attached hydrogen (secondary N) is 1. The molecule has 2 aromatic rings. The maximum atomic E-state index is 12.7. The highest BCUT2D eigenvalue weighted by molar-refractivity contribution is 6.13. The zero-order valence-corrected chi connectivity index (χ0v) is 9.63. The topological polar surface area (TPSA) is 106 Å². The maximum Gasteiger partial charge on any atom is 0.270 e. The molecular weight excluding hydrogens is 251 g/mol. The van der Waals surface area contributed by atoms with Crippen LogP contribution >= 0.6 is 0 Å². The molecule has 0 spiro atoms. The number of nitro benzene ring substituents is 1. The number of halogens is 1. The molecule has 6 nitrogen and oxygen atoms in total. The van der Waals surface area contributed by atoms with E-state index in [9.17, 15) is 14.5 Å². The van der Waals surface area contributed by atoms with Gasteiger partial charge in [0.05, 0.1) is 10.6 Å². The molecule has 3 N–H and O–H groups in total. The van der Waals surface area contributed by atoms with E-state index in [-0.39, 0.29) is 22.6 Å². The lowest BCUT2D eigenvalue weighted by Gasteiger charge is -2.07. The summed E-state index contributed by atoms with van der Waals surface area (Å²) in [5, 5.41) is 18.7. The summed E-state index contributed by atoms with van der Waals surface area (Å²) in [5.41, 5.74) is 6.26. The molecule has 7 heteroatoms. The van der Waals surface area contributed by atoms with Gasteiger partial charge in [-0.1, -0.05) is 0 Å². The molecule has 0 fully saturated rings. The summed E-state index contributed by atoms with van der Waals surface area (Å²) in [6, 6.07) is 6.30. The van der Waals surface area contributed by atoms with Crippen molar-refractivity contribution in [3.8, 4) is 0 Å². The largest absolute Gasteiger partial charge is 0.398 e. The van der Waals surface area contributed by atoms with E-state index in [1.54, 1.807) is 0 Å². The van der Waals surface area contributed by atoms with Crippen molar-refractivity contribution in [1.82, 2.24) is 4.98 Å². The Hall–Kier alpha value is -2.83. The molecule has 0 saturated carbocycles. The second-order valence-electron chi connectivity index (χ2n) is 3.77. The number of aromatic nitrogens is 1. The van der Waals surface area contributed by atoms with Gasteiger partial charge in [0.1, 0.15) is 0 Å². The van der Waals surface area contributed by atoms with Crippen molar-refractivity contribution in [3.05, 3.63) is 63.7 Å². The minimum Gasteiger partial charge on any atom is -0.398 e. The highest BCUT2D eigenvalue weighted by Gasteiger charge is 2.14. The molecule has 0 radical (unpaired) electrons. The SMILES string of the molecule is N=C(c1ccc(F)nc1)c1cc([N+](=O)[O-])ccc1N. The smallest absolute Gasteiger partial charge is 0.270 e. The maximum absolute atomic E-state index is 12.7. The number of hydrogen-bond acceptors (Lipinski definition) is 5. The van der Waals surface area contributed by atoms with E-state index in [4.69, 9.17) is 11.1 Å². The molecule has 1 aromatic heterocycles. The molecule has 0 amide bonds. The summed E-state index contributed by atoms with van der Waals surface area (Å²) in [5.74, 6) is -0.663. The molecule has 96 valence electrons. The molecule has 0 aliphatic heterocycles. The third-order valence-corrected chi connectivity index (χ3v) is 2.53. The number of benzene rings is 1. The summed E-state index contributed by atoms with van der Waals surface area (Å²) in [4.78, 5) is 13.6. The minimum absolute atomic E-state index is 0.0475. The predicted molar refractivity (Wildman–Crippen MR) is 67.6 cm³/mol. The molecule has 0 aliphatic carbocycles. The Morgan fingerprint density at radius 2 is 2.11 bits per heavy atom. The molecule has 0 aliphatic rings. The number of nitro groups is 1. The summed E-state index contributed by atoms with van der Waals surface area (Å²) in [6.07, 6.45) is 1.18. The van der Waals surface area contributed by atoms with Gasteiger partial charge in [-0.3, -0.25) is 15.5 Å². The van der Waals surface area contributed by atoms with E-state index in [0.717, 1.165) is 6.07 Å². The predicted octanol–water partition coefficient (Wildman–Crippen LogP) is 2.13. The van der Waals surface area contributed by atoms with Crippen LogP contribution in [-0.4, -0.2) is 15.6 Å². The van der Waals surface area contributed by atoms with E-state index in [2.05, 4.69) is 4.98 Å². The third-order valence-electron chi connectivity index (χ3n) is 2.53. The first-order valence-electron chi connectivity index (χ1n) is 5.24. The van der Waals surface area contributed by atoms with E-state index in [1.807, 2.05) is 0 Å². The van der Waals surface area contributed by atoms with Crippen molar-refractivity contribution in [1.29, 1.82) is 5.41 Å². The van der Waals surface area contributed by atoms with Gasteiger partial charge in [0.25, 0.3) is 5.69 Å². The zero-order chi connectivity index (χ0) is 14.0. The van der Waals surface area contributed by atoms with Crippen molar-refractivity contribution in [3.63, 3.8) is 0 Å². The average Bonchev–Trinajstić information content (AvgIpc) is 2.39. The quantitative estimate of drug-likeness (QED) is 0.290. The Morgan fingerprint density at radius 1 is 1.37 bits per heavy atom. The Balaban J connectivity index is 2.46. The van der Waals surface area contributed by atoms with Crippen LogP contribution in [0.2, 0.25) is 0 Å². The van der Waals surface area contributed by atoms with Crippen molar-refractivity contribution in [2.75, 3.05) is 5.73 Å². The Bertz CT molecular complexity index is 655. The van der Waals surface area contributed by atoms with Gasteiger partial charge in [0.15, 0.2) is 0 Å². The van der Waals surface area contributed by atoms with Gasteiger partial charge < -0.3 is 5.73 Å². The summed E-state index contributed by atoms with van der Waals surface area (Å²) in [7, 11) is 0. The molecule has 2 rings (SSSR count). The number of non-ortho nitro benzene ring substituents is 1. The minimum atomic E-state index is -0.663. The Morgan fingerprint density at radius 3 is 2.68 bits per heavy atom. The average molecular weight is 260 g/mol. The highest BCUT2D eigenvalue weighted by Crippen LogP contribution is 2.22. The summed E-state index contributed by atoms with van der Waals surface area (Å²) in [6.45, 7) is 0. The van der Waals surface area contributed by atoms with Crippen LogP contribution in [0.1, 0.15) is 11.1 Å². The fourth-order valence-corrected chi connectivity index (χ4v) is 1.55. The van der Waals surface area contributed by atoms with Gasteiger partial charge in [0.2, 0.25) is 5.95 Å². The van der Waals surface area contributed by atoms with Crippen LogP contribution in [0.3, 0.4) is 0 Å². The van der Waals surface area contributed by atoms with Gasteiger partial charge in [0, 0.05) is 35.1 Å². The van der Waals surface area contributed by atoms with E-state index >= 15 is 0 Å². The lowest BCUT2D eigenvalue weighted by Crippen LogP contribution is -2.07. The van der Waals surface area contributed by atoms with E-state index in [1.165, 1.54) is 30.5 Å². The standard InChI is InChI=1S/C12H9FN4O2/c13-11-4-1-7(6-16-11)12(15)9-5-8(17(18)19)2-3-10(9)14/h1-6,15H,14H2. The van der Waals surface area contributed by atoms with Gasteiger partial charge in [-0.2, -0.15) is 4.39 Å². The first-order valence-corrected chi connectivity index (χ1v) is 5.24. The van der Waals surface area contributed by atoms with Crippen LogP contribution < -0.4 is 5.73 Å². The molecular formula is C12H9FN4O2. The molecule has 0 unspecified atom stereocenters. The number of nitrogen functional groups attached to an aromatic ring is 1. The van der Waals surface area contributed by atoms with Crippen LogP contribution in [-0.2, 0) is 0 Å². The number of hydrogen-bond donors (Lipinski definition) is 2. The van der Waals surface area contributed by atoms with E-state index in [0.29, 0.717) is 5.56 Å². The van der Waals surface area contributed by atoms with Crippen molar-refractivity contribution in [2.24, 2.45) is 0 Å². The number of anilines is 1. The second kappa shape index (κ2) is 4.81. The monoisotopic (exact) mass is 260 g/mol. The highest BCUT2D eigenvalue weighted by atomic mass is 19.1. The fraction of sp³-hybridized carbons (Fsp3) is 0. The van der Waals surface area contributed by atoms with Crippen LogP contribution in [0, 0.1) is 21.5 Å². The van der Waals surface area contributed by atoms with Gasteiger partial charge in [-0.05, 0) is 18.2 Å². The fourth-order valence-electron chi connectivity index (χ4n) is 1.55. The first kappa shape index (κ1) is 12.6. The molecule has 19 heavy (non-hydrogen) atoms. The molecule has 0 saturated heterocycles. The van der Waals surface area contributed by atoms with E-state index < -0.39 is 10.9 Å². The normalized spacial score (nSPS) is 10.2. The molecule has 1 aromatic carbocycles. The van der Waals surface area contributed by atoms with Crippen LogP contribution in [0.4, 0.5) is 15.8 Å². The van der Waals surface area contributed by atoms with Crippen LogP contribution in [0.15, 0.2) is 36.5 Å². The van der Waals surface area contributed by atoms with Gasteiger partial charge in [-0.25, -0.2) is 4.98 Å². The summed E-state index contributed by atoms with van der Waals surface area (Å²) < 4.78 is 12.7. The molecule has 1 heterocycles.